The molecule has 0 aromatic heterocycles. The highest BCUT2D eigenvalue weighted by Gasteiger charge is 2.03. The molecule has 0 aliphatic heterocycles. The molecule has 1 rings (SSSR count). The fourth-order valence-corrected chi connectivity index (χ4v) is 2.25. The maximum Gasteiger partial charge on any atom is 0.133 e. The zero-order valence-corrected chi connectivity index (χ0v) is 10.9. The molecule has 1 aromatic carbocycles. The third kappa shape index (κ3) is 4.72. The molecule has 86 valence electrons. The fraction of sp³-hybridized carbons (Fsp3) is 0.500. The molecule has 0 aliphatic rings. The summed E-state index contributed by atoms with van der Waals surface area (Å²) in [6.07, 6.45) is 3.44. The number of hydrogen-bond acceptors (Lipinski definition) is 2. The molecule has 1 atom stereocenters. The number of rotatable bonds is 6. The number of thiocyanates is 1. The molecule has 0 spiro atoms. The predicted molar refractivity (Wildman–Crippen MR) is 71.4 cm³/mol. The minimum atomic E-state index is 0.571. The van der Waals surface area contributed by atoms with Gasteiger partial charge in [-0.15, -0.1) is 0 Å². The van der Waals surface area contributed by atoms with E-state index in [1.54, 1.807) is 0 Å². The molecule has 0 aliphatic carbocycles. The second-order valence-corrected chi connectivity index (χ2v) is 5.08. The third-order valence-corrected chi connectivity index (χ3v) is 3.44. The molecule has 0 saturated heterocycles. The van der Waals surface area contributed by atoms with Gasteiger partial charge in [-0.3, -0.25) is 0 Å². The van der Waals surface area contributed by atoms with E-state index in [1.165, 1.54) is 35.7 Å². The van der Waals surface area contributed by atoms with Crippen LogP contribution in [-0.2, 0) is 12.8 Å². The summed E-state index contributed by atoms with van der Waals surface area (Å²) in [6.45, 7) is 4.40. The highest BCUT2D eigenvalue weighted by Crippen LogP contribution is 2.14. The van der Waals surface area contributed by atoms with Crippen molar-refractivity contribution >= 4 is 11.8 Å². The van der Waals surface area contributed by atoms with Crippen LogP contribution in [0.15, 0.2) is 24.3 Å². The average molecular weight is 233 g/mol. The van der Waals surface area contributed by atoms with Crippen molar-refractivity contribution in [3.8, 4) is 5.40 Å². The number of aryl methyl sites for hydroxylation is 1. The Morgan fingerprint density at radius 3 is 2.44 bits per heavy atom. The van der Waals surface area contributed by atoms with Gasteiger partial charge in [0.15, 0.2) is 0 Å². The number of nitriles is 1. The van der Waals surface area contributed by atoms with Gasteiger partial charge >= 0.3 is 0 Å². The molecule has 0 N–H and O–H groups in total. The molecular weight excluding hydrogens is 214 g/mol. The first-order chi connectivity index (χ1) is 7.76. The van der Waals surface area contributed by atoms with Crippen LogP contribution in [0.1, 0.15) is 31.4 Å². The lowest BCUT2D eigenvalue weighted by atomic mass is 10.0. The van der Waals surface area contributed by atoms with E-state index >= 15 is 0 Å². The quantitative estimate of drug-likeness (QED) is 0.693. The number of nitrogens with zero attached hydrogens (tertiary/aromatic N) is 1. The summed E-state index contributed by atoms with van der Waals surface area (Å²) in [5.74, 6) is 1.49. The van der Waals surface area contributed by atoms with Crippen LogP contribution in [0.25, 0.3) is 0 Å². The first kappa shape index (κ1) is 13.1. The Hall–Kier alpha value is -0.940. The van der Waals surface area contributed by atoms with Gasteiger partial charge in [-0.2, -0.15) is 5.26 Å². The Kier molecular flexibility index (Phi) is 6.03. The van der Waals surface area contributed by atoms with Gasteiger partial charge in [0, 0.05) is 5.75 Å². The molecule has 0 saturated carbocycles. The molecule has 1 aromatic rings. The van der Waals surface area contributed by atoms with E-state index in [9.17, 15) is 0 Å². The lowest BCUT2D eigenvalue weighted by Gasteiger charge is -2.09. The summed E-state index contributed by atoms with van der Waals surface area (Å²) in [4.78, 5) is 0. The van der Waals surface area contributed by atoms with Crippen molar-refractivity contribution < 1.29 is 0 Å². The van der Waals surface area contributed by atoms with Crippen LogP contribution < -0.4 is 0 Å². The molecule has 0 radical (unpaired) electrons. The van der Waals surface area contributed by atoms with E-state index in [-0.39, 0.29) is 0 Å². The first-order valence-corrected chi connectivity index (χ1v) is 6.83. The lowest BCUT2D eigenvalue weighted by Crippen LogP contribution is -2.02. The highest BCUT2D eigenvalue weighted by atomic mass is 32.2. The van der Waals surface area contributed by atoms with E-state index < -0.39 is 0 Å². The Bertz CT molecular complexity index is 337. The lowest BCUT2D eigenvalue weighted by molar-refractivity contribution is 0.659. The van der Waals surface area contributed by atoms with Crippen LogP contribution in [0.4, 0.5) is 0 Å². The largest absolute Gasteiger partial charge is 0.185 e. The summed E-state index contributed by atoms with van der Waals surface area (Å²) >= 11 is 1.35. The number of thioether (sulfide) groups is 1. The Balaban J connectivity index is 2.45. The number of hydrogen-bond donors (Lipinski definition) is 0. The maximum absolute atomic E-state index is 8.49. The van der Waals surface area contributed by atoms with Crippen molar-refractivity contribution in [3.63, 3.8) is 0 Å². The summed E-state index contributed by atoms with van der Waals surface area (Å²) in [7, 11) is 0. The van der Waals surface area contributed by atoms with Gasteiger partial charge in [0.2, 0.25) is 0 Å². The van der Waals surface area contributed by atoms with Crippen LogP contribution in [-0.4, -0.2) is 5.75 Å². The summed E-state index contributed by atoms with van der Waals surface area (Å²) < 4.78 is 0. The second kappa shape index (κ2) is 7.35. The van der Waals surface area contributed by atoms with E-state index in [1.807, 2.05) is 0 Å². The SMILES string of the molecule is CCCc1ccc(CC(C)CSC#N)cc1. The Morgan fingerprint density at radius 2 is 1.88 bits per heavy atom. The van der Waals surface area contributed by atoms with E-state index in [0.29, 0.717) is 5.92 Å². The van der Waals surface area contributed by atoms with Gasteiger partial charge in [-0.25, -0.2) is 0 Å². The maximum atomic E-state index is 8.49. The predicted octanol–water partition coefficient (Wildman–Crippen LogP) is 4.03. The zero-order chi connectivity index (χ0) is 11.8. The highest BCUT2D eigenvalue weighted by molar-refractivity contribution is 8.03. The number of benzene rings is 1. The van der Waals surface area contributed by atoms with Crippen LogP contribution in [0.5, 0.6) is 0 Å². The summed E-state index contributed by atoms with van der Waals surface area (Å²) in [6, 6.07) is 8.89. The van der Waals surface area contributed by atoms with Crippen molar-refractivity contribution in [1.29, 1.82) is 5.26 Å². The van der Waals surface area contributed by atoms with Crippen LogP contribution >= 0.6 is 11.8 Å². The molecular formula is C14H19NS. The van der Waals surface area contributed by atoms with Crippen LogP contribution in [0.2, 0.25) is 0 Å². The van der Waals surface area contributed by atoms with Crippen LogP contribution in [0.3, 0.4) is 0 Å². The Labute approximate surface area is 103 Å². The van der Waals surface area contributed by atoms with Crippen molar-refractivity contribution in [2.45, 2.75) is 33.1 Å². The monoisotopic (exact) mass is 233 g/mol. The van der Waals surface area contributed by atoms with Gasteiger partial charge < -0.3 is 0 Å². The molecule has 1 unspecified atom stereocenters. The minimum Gasteiger partial charge on any atom is -0.185 e. The van der Waals surface area contributed by atoms with E-state index in [0.717, 1.165) is 12.2 Å². The smallest absolute Gasteiger partial charge is 0.133 e. The topological polar surface area (TPSA) is 23.8 Å². The molecule has 0 fully saturated rings. The fourth-order valence-electron chi connectivity index (χ4n) is 1.77. The third-order valence-electron chi connectivity index (χ3n) is 2.58. The van der Waals surface area contributed by atoms with Crippen molar-refractivity contribution in [2.24, 2.45) is 5.92 Å². The van der Waals surface area contributed by atoms with Gasteiger partial charge in [0.1, 0.15) is 5.40 Å². The average Bonchev–Trinajstić information content (AvgIpc) is 2.29. The molecule has 0 bridgehead atoms. The molecule has 0 amide bonds. The molecule has 2 heteroatoms. The van der Waals surface area contributed by atoms with Crippen molar-refractivity contribution in [1.82, 2.24) is 0 Å². The molecule has 0 heterocycles. The zero-order valence-electron chi connectivity index (χ0n) is 10.1. The Morgan fingerprint density at radius 1 is 1.25 bits per heavy atom. The van der Waals surface area contributed by atoms with E-state index in [2.05, 4.69) is 43.5 Å². The minimum absolute atomic E-state index is 0.571. The van der Waals surface area contributed by atoms with Gasteiger partial charge in [-0.05, 0) is 41.6 Å². The summed E-state index contributed by atoms with van der Waals surface area (Å²) in [5.41, 5.74) is 2.80. The van der Waals surface area contributed by atoms with Crippen molar-refractivity contribution in [2.75, 3.05) is 5.75 Å². The second-order valence-electron chi connectivity index (χ2n) is 4.28. The van der Waals surface area contributed by atoms with Gasteiger partial charge in [-0.1, -0.05) is 44.5 Å². The summed E-state index contributed by atoms with van der Waals surface area (Å²) in [5, 5.41) is 10.6. The standard InChI is InChI=1S/C14H19NS/c1-3-4-13-5-7-14(8-6-13)9-12(2)10-16-11-15/h5-8,12H,3-4,9-10H2,1-2H3. The van der Waals surface area contributed by atoms with Gasteiger partial charge in [0.25, 0.3) is 0 Å². The van der Waals surface area contributed by atoms with Crippen LogP contribution in [0, 0.1) is 16.6 Å². The van der Waals surface area contributed by atoms with Crippen molar-refractivity contribution in [3.05, 3.63) is 35.4 Å². The first-order valence-electron chi connectivity index (χ1n) is 5.85. The molecule has 16 heavy (non-hydrogen) atoms. The van der Waals surface area contributed by atoms with E-state index in [4.69, 9.17) is 5.26 Å². The normalized spacial score (nSPS) is 12.1. The van der Waals surface area contributed by atoms with Gasteiger partial charge in [0.05, 0.1) is 0 Å². The molecule has 1 nitrogen and oxygen atoms in total.